The zero-order valence-electron chi connectivity index (χ0n) is 8.77. The molecule has 0 heterocycles. The van der Waals surface area contributed by atoms with E-state index >= 15 is 0 Å². The van der Waals surface area contributed by atoms with E-state index in [2.05, 4.69) is 0 Å². The van der Waals surface area contributed by atoms with Crippen LogP contribution in [0.4, 0.5) is 0 Å². The molecule has 0 aliphatic carbocycles. The van der Waals surface area contributed by atoms with Gasteiger partial charge in [0.1, 0.15) is 0 Å². The van der Waals surface area contributed by atoms with Crippen LogP contribution in [0.15, 0.2) is 30.3 Å². The number of hydrogen-bond acceptors (Lipinski definition) is 3. The maximum atomic E-state index is 5.31. The van der Waals surface area contributed by atoms with Crippen LogP contribution in [0, 0.1) is 0 Å². The highest BCUT2D eigenvalue weighted by atomic mass is 31.2. The summed E-state index contributed by atoms with van der Waals surface area (Å²) in [6, 6.07) is 10.0. The van der Waals surface area contributed by atoms with Crippen molar-refractivity contribution in [1.29, 1.82) is 0 Å². The van der Waals surface area contributed by atoms with Crippen LogP contribution in [0.1, 0.15) is 5.56 Å². The number of benzene rings is 1. The average Bonchev–Trinajstić information content (AvgIpc) is 2.28. The van der Waals surface area contributed by atoms with Crippen molar-refractivity contribution in [2.45, 2.75) is 6.16 Å². The van der Waals surface area contributed by atoms with Crippen molar-refractivity contribution in [3.05, 3.63) is 35.9 Å². The molecule has 1 aromatic rings. The molecule has 0 bridgehead atoms. The highest BCUT2D eigenvalue weighted by Crippen LogP contribution is 2.62. The van der Waals surface area contributed by atoms with E-state index in [1.807, 2.05) is 30.3 Å². The van der Waals surface area contributed by atoms with Crippen molar-refractivity contribution in [2.75, 3.05) is 21.3 Å². The van der Waals surface area contributed by atoms with Gasteiger partial charge in [-0.2, -0.15) is 13.6 Å². The molecule has 3 nitrogen and oxygen atoms in total. The van der Waals surface area contributed by atoms with E-state index in [1.165, 1.54) is 0 Å². The van der Waals surface area contributed by atoms with Gasteiger partial charge in [0.2, 0.25) is 0 Å². The Morgan fingerprint density at radius 2 is 1.43 bits per heavy atom. The van der Waals surface area contributed by atoms with Crippen molar-refractivity contribution in [1.82, 2.24) is 0 Å². The first-order valence-electron chi connectivity index (χ1n) is 4.35. The Bertz CT molecular complexity index is 251. The highest BCUT2D eigenvalue weighted by molar-refractivity contribution is 7.60. The fraction of sp³-hybridized carbons (Fsp3) is 0.400. The Morgan fingerprint density at radius 3 is 1.86 bits per heavy atom. The fourth-order valence-electron chi connectivity index (χ4n) is 1.22. The molecule has 14 heavy (non-hydrogen) atoms. The van der Waals surface area contributed by atoms with Gasteiger partial charge in [-0.1, -0.05) is 30.3 Å². The quantitative estimate of drug-likeness (QED) is 0.707. The Balaban J connectivity index is 2.74. The molecular weight excluding hydrogens is 199 g/mol. The molecule has 0 aliphatic rings. The monoisotopic (exact) mass is 215 g/mol. The summed E-state index contributed by atoms with van der Waals surface area (Å²) in [6.45, 7) is 0. The molecular formula is C10H16O3P+. The van der Waals surface area contributed by atoms with E-state index < -0.39 is 7.94 Å². The second-order valence-electron chi connectivity index (χ2n) is 2.80. The van der Waals surface area contributed by atoms with E-state index in [0.717, 1.165) is 5.56 Å². The minimum absolute atomic E-state index is 0.678. The molecule has 0 aliphatic heterocycles. The van der Waals surface area contributed by atoms with Crippen molar-refractivity contribution in [3.8, 4) is 0 Å². The lowest BCUT2D eigenvalue weighted by Crippen LogP contribution is -2.03. The van der Waals surface area contributed by atoms with Gasteiger partial charge >= 0.3 is 7.94 Å². The van der Waals surface area contributed by atoms with Crippen LogP contribution < -0.4 is 0 Å². The standard InChI is InChI=1S/C10H16O3P/c1-11-14(12-2,13-3)9-10-7-5-4-6-8-10/h4-8H,9H2,1-3H3/q+1. The van der Waals surface area contributed by atoms with Gasteiger partial charge in [-0.3, -0.25) is 0 Å². The van der Waals surface area contributed by atoms with Crippen LogP contribution in [-0.2, 0) is 19.7 Å². The second-order valence-corrected chi connectivity index (χ2v) is 5.44. The molecule has 0 amide bonds. The largest absolute Gasteiger partial charge is 0.415 e. The Labute approximate surface area is 85.6 Å². The van der Waals surface area contributed by atoms with Crippen molar-refractivity contribution >= 4 is 7.94 Å². The van der Waals surface area contributed by atoms with Crippen LogP contribution in [0.3, 0.4) is 0 Å². The summed E-state index contributed by atoms with van der Waals surface area (Å²) < 4.78 is 15.9. The molecule has 0 saturated carbocycles. The minimum Gasteiger partial charge on any atom is -0.181 e. The predicted octanol–water partition coefficient (Wildman–Crippen LogP) is 2.89. The fourth-order valence-corrected chi connectivity index (χ4v) is 2.72. The van der Waals surface area contributed by atoms with Gasteiger partial charge in [-0.05, 0) is 5.56 Å². The third-order valence-corrected chi connectivity index (χ3v) is 4.48. The Kier molecular flexibility index (Phi) is 4.49. The van der Waals surface area contributed by atoms with Gasteiger partial charge in [-0.15, -0.1) is 0 Å². The van der Waals surface area contributed by atoms with Crippen LogP contribution >= 0.6 is 7.94 Å². The first-order valence-corrected chi connectivity index (χ1v) is 6.08. The summed E-state index contributed by atoms with van der Waals surface area (Å²) in [4.78, 5) is 0. The van der Waals surface area contributed by atoms with E-state index in [-0.39, 0.29) is 0 Å². The molecule has 0 spiro atoms. The molecule has 0 saturated heterocycles. The molecule has 0 fully saturated rings. The van der Waals surface area contributed by atoms with Crippen molar-refractivity contribution in [2.24, 2.45) is 0 Å². The highest BCUT2D eigenvalue weighted by Gasteiger charge is 2.41. The molecule has 0 unspecified atom stereocenters. The van der Waals surface area contributed by atoms with Crippen LogP contribution in [-0.4, -0.2) is 21.3 Å². The van der Waals surface area contributed by atoms with Gasteiger partial charge in [-0.25, -0.2) is 0 Å². The van der Waals surface area contributed by atoms with Crippen LogP contribution in [0.5, 0.6) is 0 Å². The zero-order valence-corrected chi connectivity index (χ0v) is 9.66. The average molecular weight is 215 g/mol. The maximum absolute atomic E-state index is 5.31. The topological polar surface area (TPSA) is 27.7 Å². The van der Waals surface area contributed by atoms with Crippen LogP contribution in [0.2, 0.25) is 0 Å². The first kappa shape index (κ1) is 11.6. The maximum Gasteiger partial charge on any atom is 0.415 e. The first-order chi connectivity index (χ1) is 6.76. The molecule has 0 atom stereocenters. The number of hydrogen-bond donors (Lipinski definition) is 0. The second kappa shape index (κ2) is 5.42. The molecule has 1 aromatic carbocycles. The lowest BCUT2D eigenvalue weighted by molar-refractivity contribution is 0.209. The Morgan fingerprint density at radius 1 is 0.929 bits per heavy atom. The number of rotatable bonds is 5. The van der Waals surface area contributed by atoms with Gasteiger partial charge < -0.3 is 0 Å². The van der Waals surface area contributed by atoms with Crippen molar-refractivity contribution < 1.29 is 13.6 Å². The van der Waals surface area contributed by atoms with Gasteiger partial charge in [0.15, 0.2) is 6.16 Å². The van der Waals surface area contributed by atoms with Gasteiger partial charge in [0.05, 0.1) is 21.3 Å². The van der Waals surface area contributed by atoms with Crippen LogP contribution in [0.25, 0.3) is 0 Å². The summed E-state index contributed by atoms with van der Waals surface area (Å²) in [6.07, 6.45) is 0.678. The van der Waals surface area contributed by atoms with E-state index in [4.69, 9.17) is 13.6 Å². The summed E-state index contributed by atoms with van der Waals surface area (Å²) in [7, 11) is 2.68. The SMILES string of the molecule is CO[P+](Cc1ccccc1)(OC)OC. The molecule has 4 heteroatoms. The smallest absolute Gasteiger partial charge is 0.181 e. The summed E-state index contributed by atoms with van der Waals surface area (Å²) in [5, 5.41) is 0. The predicted molar refractivity (Wildman–Crippen MR) is 58.1 cm³/mol. The molecule has 0 aromatic heterocycles. The Hall–Kier alpha value is -0.470. The zero-order chi connectivity index (χ0) is 10.4. The minimum atomic E-state index is -2.16. The molecule has 1 rings (SSSR count). The van der Waals surface area contributed by atoms with E-state index in [1.54, 1.807) is 21.3 Å². The lowest BCUT2D eigenvalue weighted by atomic mass is 10.2. The van der Waals surface area contributed by atoms with E-state index in [9.17, 15) is 0 Å². The lowest BCUT2D eigenvalue weighted by Gasteiger charge is -2.16. The third-order valence-electron chi connectivity index (χ3n) is 2.05. The molecule has 0 radical (unpaired) electrons. The third kappa shape index (κ3) is 2.76. The summed E-state index contributed by atoms with van der Waals surface area (Å²) in [5.74, 6) is 0. The summed E-state index contributed by atoms with van der Waals surface area (Å²) >= 11 is 0. The van der Waals surface area contributed by atoms with Gasteiger partial charge in [0, 0.05) is 0 Å². The van der Waals surface area contributed by atoms with Crippen molar-refractivity contribution in [3.63, 3.8) is 0 Å². The molecule has 0 N–H and O–H groups in total. The molecule has 78 valence electrons. The van der Waals surface area contributed by atoms with Gasteiger partial charge in [0.25, 0.3) is 0 Å². The van der Waals surface area contributed by atoms with E-state index in [0.29, 0.717) is 6.16 Å². The summed E-state index contributed by atoms with van der Waals surface area (Å²) in [5.41, 5.74) is 1.16. The normalized spacial score (nSPS) is 11.6.